The van der Waals surface area contributed by atoms with Gasteiger partial charge in [0, 0.05) is 11.3 Å². The minimum Gasteiger partial charge on any atom is -0.493 e. The van der Waals surface area contributed by atoms with Gasteiger partial charge >= 0.3 is 0 Å². The molecule has 0 saturated carbocycles. The third kappa shape index (κ3) is 5.15. The predicted molar refractivity (Wildman–Crippen MR) is 151 cm³/mol. The molecular weight excluding hydrogens is 510 g/mol. The van der Waals surface area contributed by atoms with Crippen LogP contribution in [0.3, 0.4) is 0 Å². The first-order chi connectivity index (χ1) is 19.4. The van der Waals surface area contributed by atoms with Gasteiger partial charge in [-0.25, -0.2) is 4.68 Å². The fourth-order valence-electron chi connectivity index (χ4n) is 4.69. The lowest BCUT2D eigenvalue weighted by Crippen LogP contribution is -2.31. The van der Waals surface area contributed by atoms with Crippen molar-refractivity contribution >= 4 is 11.9 Å². The molecule has 1 unspecified atom stereocenters. The third-order valence-corrected chi connectivity index (χ3v) is 6.58. The molecule has 10 nitrogen and oxygen atoms in total. The normalized spacial score (nSPS) is 14.2. The second kappa shape index (κ2) is 11.4. The molecule has 3 N–H and O–H groups in total. The molecule has 1 aromatic heterocycles. The van der Waals surface area contributed by atoms with Crippen molar-refractivity contribution in [2.24, 2.45) is 5.73 Å². The summed E-state index contributed by atoms with van der Waals surface area (Å²) in [5.41, 5.74) is 9.36. The molecule has 0 aliphatic carbocycles. The Labute approximate surface area is 232 Å². The highest BCUT2D eigenvalue weighted by molar-refractivity contribution is 5.95. The molecule has 1 amide bonds. The number of nitrogens with zero attached hydrogens (tertiary/aromatic N) is 3. The Morgan fingerprint density at radius 2 is 1.70 bits per heavy atom. The van der Waals surface area contributed by atoms with E-state index < -0.39 is 11.9 Å². The van der Waals surface area contributed by atoms with Crippen LogP contribution in [0.15, 0.2) is 78.0 Å². The van der Waals surface area contributed by atoms with Crippen LogP contribution in [0.2, 0.25) is 0 Å². The molecular formula is C30H31N5O5. The van der Waals surface area contributed by atoms with E-state index in [4.69, 9.17) is 34.8 Å². The average Bonchev–Trinajstić information content (AvgIpc) is 3.39. The summed E-state index contributed by atoms with van der Waals surface area (Å²) in [5.74, 6) is 2.65. The molecule has 2 heterocycles. The highest BCUT2D eigenvalue weighted by Crippen LogP contribution is 2.40. The summed E-state index contributed by atoms with van der Waals surface area (Å²) >= 11 is 0. The second-order valence-electron chi connectivity index (χ2n) is 9.12. The molecule has 1 atom stereocenters. The Hall–Kier alpha value is -4.99. The van der Waals surface area contributed by atoms with Gasteiger partial charge in [0.2, 0.25) is 11.9 Å². The molecule has 0 saturated heterocycles. The van der Waals surface area contributed by atoms with E-state index in [0.29, 0.717) is 59.3 Å². The number of methoxy groups -OCH3 is 2. The van der Waals surface area contributed by atoms with E-state index >= 15 is 0 Å². The van der Waals surface area contributed by atoms with Crippen LogP contribution in [0.25, 0.3) is 11.4 Å². The average molecular weight is 542 g/mol. The Bertz CT molecular complexity index is 1560. The van der Waals surface area contributed by atoms with E-state index in [0.717, 1.165) is 16.7 Å². The number of benzene rings is 3. The zero-order valence-corrected chi connectivity index (χ0v) is 22.8. The lowest BCUT2D eigenvalue weighted by atomic mass is 9.95. The fourth-order valence-corrected chi connectivity index (χ4v) is 4.69. The van der Waals surface area contributed by atoms with Gasteiger partial charge in [0.25, 0.3) is 0 Å². The van der Waals surface area contributed by atoms with Crippen molar-refractivity contribution in [2.75, 3.05) is 26.1 Å². The Morgan fingerprint density at radius 3 is 2.40 bits per heavy atom. The van der Waals surface area contributed by atoms with Crippen molar-refractivity contribution in [2.45, 2.75) is 26.5 Å². The smallest absolute Gasteiger partial charge is 0.248 e. The van der Waals surface area contributed by atoms with E-state index in [1.807, 2.05) is 61.5 Å². The van der Waals surface area contributed by atoms with E-state index in [2.05, 4.69) is 5.32 Å². The van der Waals surface area contributed by atoms with E-state index in [9.17, 15) is 4.79 Å². The summed E-state index contributed by atoms with van der Waals surface area (Å²) in [7, 11) is 3.15. The molecule has 0 bridgehead atoms. The summed E-state index contributed by atoms with van der Waals surface area (Å²) in [6.45, 7) is 4.53. The summed E-state index contributed by atoms with van der Waals surface area (Å²) in [6, 6.07) is 20.3. The number of allylic oxidation sites excluding steroid dienone is 1. The van der Waals surface area contributed by atoms with Crippen molar-refractivity contribution in [1.29, 1.82) is 0 Å². The van der Waals surface area contributed by atoms with Gasteiger partial charge in [-0.2, -0.15) is 4.98 Å². The van der Waals surface area contributed by atoms with Crippen LogP contribution in [0.5, 0.6) is 23.0 Å². The third-order valence-electron chi connectivity index (χ3n) is 6.58. The molecule has 1 aliphatic rings. The number of hydrogen-bond acceptors (Lipinski definition) is 8. The van der Waals surface area contributed by atoms with Crippen LogP contribution in [0.4, 0.5) is 5.95 Å². The Morgan fingerprint density at radius 1 is 0.950 bits per heavy atom. The minimum absolute atomic E-state index is 0.372. The molecule has 40 heavy (non-hydrogen) atoms. The molecule has 0 fully saturated rings. The lowest BCUT2D eigenvalue weighted by Gasteiger charge is -2.28. The number of aromatic nitrogens is 3. The zero-order chi connectivity index (χ0) is 28.2. The van der Waals surface area contributed by atoms with Gasteiger partial charge < -0.3 is 30.0 Å². The fraction of sp³-hybridized carbons (Fsp3) is 0.233. The summed E-state index contributed by atoms with van der Waals surface area (Å²) in [6.07, 6.45) is 0. The number of fused-ring (bicyclic) bond motifs is 1. The second-order valence-corrected chi connectivity index (χ2v) is 9.12. The SMILES string of the molecule is CCOc1cc(C2C(C(N)=O)=C(C)Nc3nc(-c4ccc(OC)c(OC)c4)nn32)ccc1OCc1ccccc1. The highest BCUT2D eigenvalue weighted by atomic mass is 16.5. The van der Waals surface area contributed by atoms with E-state index in [-0.39, 0.29) is 0 Å². The minimum atomic E-state index is -0.641. The van der Waals surface area contributed by atoms with Crippen LogP contribution in [0, 0.1) is 0 Å². The Kier molecular flexibility index (Phi) is 7.59. The summed E-state index contributed by atoms with van der Waals surface area (Å²) in [5, 5.41) is 7.96. The first-order valence-electron chi connectivity index (χ1n) is 12.8. The Balaban J connectivity index is 1.55. The van der Waals surface area contributed by atoms with Crippen LogP contribution in [0.1, 0.15) is 31.0 Å². The van der Waals surface area contributed by atoms with Crippen LogP contribution < -0.4 is 30.0 Å². The number of primary amides is 1. The maximum atomic E-state index is 12.7. The van der Waals surface area contributed by atoms with Gasteiger partial charge in [-0.3, -0.25) is 4.79 Å². The standard InChI is InChI=1S/C30H31N5O5/c1-5-39-25-15-20(11-14-23(25)40-17-19-9-7-6-8-10-19)27-26(28(31)36)18(2)32-30-33-29(34-35(27)30)21-12-13-22(37-3)24(16-21)38-4/h6-16,27H,5,17H2,1-4H3,(H2,31,36)(H,32,33,34). The van der Waals surface area contributed by atoms with Gasteiger partial charge in [0.1, 0.15) is 12.6 Å². The molecule has 206 valence electrons. The number of carbonyl (C=O) groups excluding carboxylic acids is 1. The number of nitrogens with two attached hydrogens (primary N) is 1. The quantitative estimate of drug-likeness (QED) is 0.296. The largest absolute Gasteiger partial charge is 0.493 e. The van der Waals surface area contributed by atoms with Crippen LogP contribution in [-0.2, 0) is 11.4 Å². The zero-order valence-electron chi connectivity index (χ0n) is 22.8. The van der Waals surface area contributed by atoms with Crippen LogP contribution in [-0.4, -0.2) is 41.5 Å². The molecule has 3 aromatic carbocycles. The topological polar surface area (TPSA) is 123 Å². The van der Waals surface area contributed by atoms with E-state index in [1.54, 1.807) is 38.0 Å². The van der Waals surface area contributed by atoms with Crippen molar-refractivity contribution in [3.8, 4) is 34.4 Å². The number of hydrogen-bond donors (Lipinski definition) is 2. The van der Waals surface area contributed by atoms with Gasteiger partial charge in [-0.05, 0) is 55.3 Å². The number of anilines is 1. The summed E-state index contributed by atoms with van der Waals surface area (Å²) in [4.78, 5) is 17.4. The molecule has 0 radical (unpaired) electrons. The number of rotatable bonds is 10. The van der Waals surface area contributed by atoms with Gasteiger partial charge in [0.05, 0.1) is 26.4 Å². The molecule has 1 aliphatic heterocycles. The number of amides is 1. The van der Waals surface area contributed by atoms with Gasteiger partial charge in [0.15, 0.2) is 28.8 Å². The maximum Gasteiger partial charge on any atom is 0.248 e. The molecule has 0 spiro atoms. The number of carbonyl (C=O) groups is 1. The van der Waals surface area contributed by atoms with Gasteiger partial charge in [-0.1, -0.05) is 36.4 Å². The van der Waals surface area contributed by atoms with Crippen molar-refractivity contribution < 1.29 is 23.7 Å². The van der Waals surface area contributed by atoms with Crippen molar-refractivity contribution in [3.05, 3.63) is 89.1 Å². The molecule has 10 heteroatoms. The lowest BCUT2D eigenvalue weighted by molar-refractivity contribution is -0.115. The molecule has 4 aromatic rings. The first kappa shape index (κ1) is 26.6. The monoisotopic (exact) mass is 541 g/mol. The number of nitrogens with one attached hydrogen (secondary N) is 1. The van der Waals surface area contributed by atoms with Crippen molar-refractivity contribution in [3.63, 3.8) is 0 Å². The maximum absolute atomic E-state index is 12.7. The van der Waals surface area contributed by atoms with E-state index in [1.165, 1.54) is 0 Å². The first-order valence-corrected chi connectivity index (χ1v) is 12.8. The number of ether oxygens (including phenoxy) is 4. The van der Waals surface area contributed by atoms with Crippen LogP contribution >= 0.6 is 0 Å². The highest BCUT2D eigenvalue weighted by Gasteiger charge is 2.34. The van der Waals surface area contributed by atoms with Gasteiger partial charge in [-0.15, -0.1) is 5.10 Å². The predicted octanol–water partition coefficient (Wildman–Crippen LogP) is 4.71. The molecule has 5 rings (SSSR count). The summed E-state index contributed by atoms with van der Waals surface area (Å²) < 4.78 is 24.5. The van der Waals surface area contributed by atoms with Crippen molar-refractivity contribution in [1.82, 2.24) is 14.8 Å².